The molecule has 0 aliphatic carbocycles. The fraction of sp³-hybridized carbons (Fsp3) is 0.545. The summed E-state index contributed by atoms with van der Waals surface area (Å²) in [5.74, 6) is -0.204. The lowest BCUT2D eigenvalue weighted by molar-refractivity contribution is -0.138. The minimum atomic E-state index is -1.00. The van der Waals surface area contributed by atoms with Gasteiger partial charge in [0, 0.05) is 25.2 Å². The van der Waals surface area contributed by atoms with Crippen LogP contribution in [0.1, 0.15) is 31.2 Å². The van der Waals surface area contributed by atoms with Crippen molar-refractivity contribution in [3.05, 3.63) is 23.8 Å². The van der Waals surface area contributed by atoms with Gasteiger partial charge >= 0.3 is 5.97 Å². The molecular formula is C11H17N3O2. The molecule has 0 amide bonds. The maximum atomic E-state index is 10.5. The molecule has 0 radical (unpaired) electrons. The number of aryl methyl sites for hydroxylation is 1. The van der Waals surface area contributed by atoms with Gasteiger partial charge in [0.2, 0.25) is 0 Å². The standard InChI is InChI=1S/C11H17N3O2/c1-2-3-4-10-13-6-8(7-14-10)5-9(12)11(15)16/h6-7,9H,2-5,12H2,1H3,(H,15,16). The molecule has 1 unspecified atom stereocenters. The second-order valence-electron chi connectivity index (χ2n) is 3.76. The number of aliphatic carboxylic acids is 1. The Labute approximate surface area is 94.7 Å². The third-order valence-electron chi connectivity index (χ3n) is 2.29. The summed E-state index contributed by atoms with van der Waals surface area (Å²) in [6.07, 6.45) is 6.61. The zero-order chi connectivity index (χ0) is 12.0. The van der Waals surface area contributed by atoms with Crippen molar-refractivity contribution in [3.63, 3.8) is 0 Å². The number of carboxylic acids is 1. The fourth-order valence-corrected chi connectivity index (χ4v) is 1.29. The van der Waals surface area contributed by atoms with E-state index >= 15 is 0 Å². The van der Waals surface area contributed by atoms with E-state index in [-0.39, 0.29) is 6.42 Å². The number of nitrogens with zero attached hydrogens (tertiary/aromatic N) is 2. The number of aromatic nitrogens is 2. The lowest BCUT2D eigenvalue weighted by Crippen LogP contribution is -2.32. The molecule has 1 atom stereocenters. The van der Waals surface area contributed by atoms with Crippen LogP contribution in [-0.2, 0) is 17.6 Å². The van der Waals surface area contributed by atoms with E-state index in [1.54, 1.807) is 12.4 Å². The second kappa shape index (κ2) is 6.17. The minimum Gasteiger partial charge on any atom is -0.480 e. The zero-order valence-electron chi connectivity index (χ0n) is 9.39. The molecule has 16 heavy (non-hydrogen) atoms. The lowest BCUT2D eigenvalue weighted by atomic mass is 10.1. The molecule has 1 rings (SSSR count). The van der Waals surface area contributed by atoms with Gasteiger partial charge in [-0.3, -0.25) is 4.79 Å². The number of hydrogen-bond donors (Lipinski definition) is 2. The first-order valence-electron chi connectivity index (χ1n) is 5.41. The van der Waals surface area contributed by atoms with Crippen LogP contribution >= 0.6 is 0 Å². The van der Waals surface area contributed by atoms with Gasteiger partial charge in [-0.2, -0.15) is 0 Å². The monoisotopic (exact) mass is 223 g/mol. The molecule has 88 valence electrons. The van der Waals surface area contributed by atoms with Crippen LogP contribution in [0, 0.1) is 0 Å². The third-order valence-corrected chi connectivity index (χ3v) is 2.29. The molecule has 1 aromatic heterocycles. The molecule has 0 saturated carbocycles. The van der Waals surface area contributed by atoms with Crippen LogP contribution in [-0.4, -0.2) is 27.1 Å². The molecule has 0 aliphatic rings. The number of rotatable bonds is 6. The average molecular weight is 223 g/mol. The largest absolute Gasteiger partial charge is 0.480 e. The van der Waals surface area contributed by atoms with E-state index in [1.165, 1.54) is 0 Å². The molecule has 1 heterocycles. The smallest absolute Gasteiger partial charge is 0.320 e. The molecule has 0 aromatic carbocycles. The van der Waals surface area contributed by atoms with Gasteiger partial charge in [0.05, 0.1) is 0 Å². The number of carbonyl (C=O) groups is 1. The van der Waals surface area contributed by atoms with Crippen molar-refractivity contribution in [2.24, 2.45) is 5.73 Å². The van der Waals surface area contributed by atoms with Crippen LogP contribution in [0.25, 0.3) is 0 Å². The first-order chi connectivity index (χ1) is 7.63. The van der Waals surface area contributed by atoms with Crippen molar-refractivity contribution in [1.82, 2.24) is 9.97 Å². The van der Waals surface area contributed by atoms with Crippen LogP contribution in [0.15, 0.2) is 12.4 Å². The summed E-state index contributed by atoms with van der Waals surface area (Å²) in [7, 11) is 0. The van der Waals surface area contributed by atoms with Crippen molar-refractivity contribution in [2.45, 2.75) is 38.6 Å². The summed E-state index contributed by atoms with van der Waals surface area (Å²) < 4.78 is 0. The Morgan fingerprint density at radius 3 is 2.62 bits per heavy atom. The van der Waals surface area contributed by atoms with Crippen molar-refractivity contribution in [2.75, 3.05) is 0 Å². The van der Waals surface area contributed by atoms with Crippen molar-refractivity contribution in [1.29, 1.82) is 0 Å². The minimum absolute atomic E-state index is 0.267. The van der Waals surface area contributed by atoms with E-state index in [9.17, 15) is 4.79 Å². The van der Waals surface area contributed by atoms with Gasteiger partial charge in [0.15, 0.2) is 0 Å². The van der Waals surface area contributed by atoms with Crippen LogP contribution in [0.3, 0.4) is 0 Å². The van der Waals surface area contributed by atoms with Crippen LogP contribution < -0.4 is 5.73 Å². The fourth-order valence-electron chi connectivity index (χ4n) is 1.29. The highest BCUT2D eigenvalue weighted by Crippen LogP contribution is 2.02. The van der Waals surface area contributed by atoms with Crippen molar-refractivity contribution < 1.29 is 9.90 Å². The van der Waals surface area contributed by atoms with Gasteiger partial charge in [-0.05, 0) is 12.0 Å². The quantitative estimate of drug-likeness (QED) is 0.743. The van der Waals surface area contributed by atoms with E-state index in [4.69, 9.17) is 10.8 Å². The van der Waals surface area contributed by atoms with Crippen molar-refractivity contribution in [3.8, 4) is 0 Å². The molecule has 0 bridgehead atoms. The molecule has 0 spiro atoms. The Balaban J connectivity index is 2.54. The van der Waals surface area contributed by atoms with Crippen LogP contribution in [0.4, 0.5) is 0 Å². The normalized spacial score (nSPS) is 12.4. The van der Waals surface area contributed by atoms with Gasteiger partial charge in [0.25, 0.3) is 0 Å². The Kier molecular flexibility index (Phi) is 4.85. The molecule has 0 saturated heterocycles. The summed E-state index contributed by atoms with van der Waals surface area (Å²) in [6, 6.07) is -0.884. The second-order valence-corrected chi connectivity index (χ2v) is 3.76. The molecule has 3 N–H and O–H groups in total. The lowest BCUT2D eigenvalue weighted by Gasteiger charge is -2.06. The SMILES string of the molecule is CCCCc1ncc(CC(N)C(=O)O)cn1. The third kappa shape index (κ3) is 3.94. The summed E-state index contributed by atoms with van der Waals surface area (Å²) in [4.78, 5) is 18.9. The number of hydrogen-bond acceptors (Lipinski definition) is 4. The topological polar surface area (TPSA) is 89.1 Å². The molecule has 1 aromatic rings. The molecule has 0 aliphatic heterocycles. The Hall–Kier alpha value is -1.49. The van der Waals surface area contributed by atoms with E-state index in [0.717, 1.165) is 30.7 Å². The number of nitrogens with two attached hydrogens (primary N) is 1. The maximum absolute atomic E-state index is 10.5. The van der Waals surface area contributed by atoms with Gasteiger partial charge in [0.1, 0.15) is 11.9 Å². The number of unbranched alkanes of at least 4 members (excludes halogenated alkanes) is 1. The van der Waals surface area contributed by atoms with Gasteiger partial charge in [-0.25, -0.2) is 9.97 Å². The first kappa shape index (κ1) is 12.6. The predicted octanol–water partition coefficient (Wildman–Crippen LogP) is 0.774. The first-order valence-corrected chi connectivity index (χ1v) is 5.41. The average Bonchev–Trinajstić information content (AvgIpc) is 2.28. The summed E-state index contributed by atoms with van der Waals surface area (Å²) in [6.45, 7) is 2.11. The molecule has 0 fully saturated rings. The predicted molar refractivity (Wildman–Crippen MR) is 60.0 cm³/mol. The van der Waals surface area contributed by atoms with E-state index < -0.39 is 12.0 Å². The summed E-state index contributed by atoms with van der Waals surface area (Å²) >= 11 is 0. The Bertz CT molecular complexity index is 338. The van der Waals surface area contributed by atoms with Gasteiger partial charge < -0.3 is 10.8 Å². The molecular weight excluding hydrogens is 206 g/mol. The number of carboxylic acid groups (broad SMARTS) is 1. The Morgan fingerprint density at radius 1 is 1.50 bits per heavy atom. The Morgan fingerprint density at radius 2 is 2.12 bits per heavy atom. The molecule has 5 nitrogen and oxygen atoms in total. The van der Waals surface area contributed by atoms with Crippen molar-refractivity contribution >= 4 is 5.97 Å². The van der Waals surface area contributed by atoms with Gasteiger partial charge in [-0.15, -0.1) is 0 Å². The highest BCUT2D eigenvalue weighted by Gasteiger charge is 2.12. The van der Waals surface area contributed by atoms with E-state index in [1.807, 2.05) is 0 Å². The zero-order valence-corrected chi connectivity index (χ0v) is 9.39. The van der Waals surface area contributed by atoms with Crippen LogP contribution in [0.2, 0.25) is 0 Å². The van der Waals surface area contributed by atoms with Gasteiger partial charge in [-0.1, -0.05) is 13.3 Å². The summed E-state index contributed by atoms with van der Waals surface area (Å²) in [5, 5.41) is 8.65. The summed E-state index contributed by atoms with van der Waals surface area (Å²) in [5.41, 5.74) is 6.17. The highest BCUT2D eigenvalue weighted by molar-refractivity contribution is 5.73. The van der Waals surface area contributed by atoms with Crippen LogP contribution in [0.5, 0.6) is 0 Å². The van der Waals surface area contributed by atoms with E-state index in [0.29, 0.717) is 0 Å². The maximum Gasteiger partial charge on any atom is 0.320 e. The van der Waals surface area contributed by atoms with E-state index in [2.05, 4.69) is 16.9 Å². The highest BCUT2D eigenvalue weighted by atomic mass is 16.4. The molecule has 5 heteroatoms.